The second kappa shape index (κ2) is 7.97. The molecule has 0 aliphatic rings. The molecule has 1 unspecified atom stereocenters. The molecule has 0 aliphatic heterocycles. The van der Waals surface area contributed by atoms with Crippen LogP contribution in [-0.4, -0.2) is 16.6 Å². The van der Waals surface area contributed by atoms with Gasteiger partial charge in [-0.05, 0) is 49.4 Å². The Labute approximate surface area is 169 Å². The molecular weight excluding hydrogens is 381 g/mol. The number of nitrogens with zero attached hydrogens (tertiary/aromatic N) is 3. The van der Waals surface area contributed by atoms with E-state index in [1.807, 2.05) is 49.4 Å². The normalized spacial score (nSPS) is 13.0. The average Bonchev–Trinajstić information content (AvgIpc) is 2.79. The van der Waals surface area contributed by atoms with Crippen molar-refractivity contribution in [3.63, 3.8) is 0 Å². The third-order valence-corrected chi connectivity index (χ3v) is 7.04. The lowest BCUT2D eigenvalue weighted by Gasteiger charge is -2.20. The smallest absolute Gasteiger partial charge is 0.279 e. The number of rotatable bonds is 5. The van der Waals surface area contributed by atoms with Gasteiger partial charge in [0.05, 0.1) is 23.8 Å². The number of para-hydroxylation sites is 1. The number of benzene rings is 3. The SMILES string of the molecule is CCOP(=O)(c1ccccc1)c1nc(-c2ccc(C#N)cc2)nc2ccccc12. The fourth-order valence-corrected chi connectivity index (χ4v) is 5.35. The van der Waals surface area contributed by atoms with Crippen LogP contribution >= 0.6 is 7.37 Å². The molecule has 0 N–H and O–H groups in total. The molecule has 3 aromatic carbocycles. The van der Waals surface area contributed by atoms with Crippen LogP contribution in [0.5, 0.6) is 0 Å². The number of fused-ring (bicyclic) bond motifs is 1. The van der Waals surface area contributed by atoms with Crippen LogP contribution in [0.15, 0.2) is 78.9 Å². The maximum Gasteiger partial charge on any atom is 0.279 e. The molecule has 0 spiro atoms. The van der Waals surface area contributed by atoms with Gasteiger partial charge in [0.2, 0.25) is 0 Å². The third-order valence-electron chi connectivity index (χ3n) is 4.54. The van der Waals surface area contributed by atoms with Gasteiger partial charge < -0.3 is 4.52 Å². The minimum Gasteiger partial charge on any atom is -0.321 e. The van der Waals surface area contributed by atoms with Gasteiger partial charge in [0.1, 0.15) is 5.44 Å². The first-order valence-corrected chi connectivity index (χ1v) is 10.9. The van der Waals surface area contributed by atoms with Crippen molar-refractivity contribution in [2.75, 3.05) is 6.61 Å². The highest BCUT2D eigenvalue weighted by atomic mass is 31.2. The van der Waals surface area contributed by atoms with Crippen molar-refractivity contribution in [2.24, 2.45) is 0 Å². The lowest BCUT2D eigenvalue weighted by atomic mass is 10.1. The van der Waals surface area contributed by atoms with Crippen molar-refractivity contribution in [1.82, 2.24) is 9.97 Å². The van der Waals surface area contributed by atoms with Gasteiger partial charge in [0.15, 0.2) is 5.82 Å². The van der Waals surface area contributed by atoms with Gasteiger partial charge in [-0.25, -0.2) is 9.97 Å². The van der Waals surface area contributed by atoms with Gasteiger partial charge in [0.25, 0.3) is 7.37 Å². The van der Waals surface area contributed by atoms with Crippen LogP contribution in [0.3, 0.4) is 0 Å². The van der Waals surface area contributed by atoms with E-state index < -0.39 is 7.37 Å². The maximum absolute atomic E-state index is 14.2. The minimum absolute atomic E-state index is 0.288. The first kappa shape index (κ1) is 19.0. The molecule has 1 atom stereocenters. The summed E-state index contributed by atoms with van der Waals surface area (Å²) in [6.07, 6.45) is 0. The number of hydrogen-bond donors (Lipinski definition) is 0. The summed E-state index contributed by atoms with van der Waals surface area (Å²) >= 11 is 0. The fraction of sp³-hybridized carbons (Fsp3) is 0.0870. The summed E-state index contributed by atoms with van der Waals surface area (Å²) < 4.78 is 20.0. The molecule has 4 aromatic rings. The van der Waals surface area contributed by atoms with Gasteiger partial charge >= 0.3 is 0 Å². The predicted molar refractivity (Wildman–Crippen MR) is 115 cm³/mol. The monoisotopic (exact) mass is 399 g/mol. The molecule has 1 aromatic heterocycles. The summed E-state index contributed by atoms with van der Waals surface area (Å²) in [7, 11) is -3.44. The van der Waals surface area contributed by atoms with E-state index in [4.69, 9.17) is 14.8 Å². The molecular formula is C23H18N3O2P. The molecule has 29 heavy (non-hydrogen) atoms. The van der Waals surface area contributed by atoms with Crippen molar-refractivity contribution < 1.29 is 9.09 Å². The Bertz CT molecular complexity index is 1250. The Morgan fingerprint density at radius 1 is 0.931 bits per heavy atom. The van der Waals surface area contributed by atoms with Crippen molar-refractivity contribution >= 4 is 29.0 Å². The molecule has 5 nitrogen and oxygen atoms in total. The highest BCUT2D eigenvalue weighted by Crippen LogP contribution is 2.45. The summed E-state index contributed by atoms with van der Waals surface area (Å²) in [5, 5.41) is 10.3. The summed E-state index contributed by atoms with van der Waals surface area (Å²) in [4.78, 5) is 9.37. The van der Waals surface area contributed by atoms with Gasteiger partial charge in [-0.1, -0.05) is 36.4 Å². The van der Waals surface area contributed by atoms with E-state index >= 15 is 0 Å². The highest BCUT2D eigenvalue weighted by molar-refractivity contribution is 7.74. The molecule has 6 heteroatoms. The Kier molecular flexibility index (Phi) is 5.22. The standard InChI is InChI=1S/C23H18N3O2P/c1-2-28-29(27,19-8-4-3-5-9-19)23-20-10-6-7-11-21(20)25-22(26-23)18-14-12-17(16-24)13-15-18/h3-15H,2H2,1H3. The maximum atomic E-state index is 14.2. The molecule has 0 aliphatic carbocycles. The molecule has 0 bridgehead atoms. The zero-order chi connectivity index (χ0) is 20.3. The van der Waals surface area contributed by atoms with Crippen molar-refractivity contribution in [2.45, 2.75) is 6.92 Å². The van der Waals surface area contributed by atoms with E-state index in [-0.39, 0.29) is 6.61 Å². The summed E-state index contributed by atoms with van der Waals surface area (Å²) in [5.41, 5.74) is 2.37. The zero-order valence-electron chi connectivity index (χ0n) is 15.8. The molecule has 1 heterocycles. The topological polar surface area (TPSA) is 75.9 Å². The average molecular weight is 399 g/mol. The molecule has 142 valence electrons. The van der Waals surface area contributed by atoms with E-state index in [1.54, 1.807) is 36.4 Å². The van der Waals surface area contributed by atoms with Crippen LogP contribution in [-0.2, 0) is 9.09 Å². The zero-order valence-corrected chi connectivity index (χ0v) is 16.7. The Balaban J connectivity index is 1.99. The molecule has 4 rings (SSSR count). The van der Waals surface area contributed by atoms with Crippen molar-refractivity contribution in [3.05, 3.63) is 84.4 Å². The molecule has 0 amide bonds. The van der Waals surface area contributed by atoms with Gasteiger partial charge in [-0.3, -0.25) is 4.57 Å². The van der Waals surface area contributed by atoms with E-state index in [2.05, 4.69) is 11.1 Å². The van der Waals surface area contributed by atoms with E-state index in [0.717, 1.165) is 5.56 Å². The lowest BCUT2D eigenvalue weighted by Crippen LogP contribution is -2.23. The van der Waals surface area contributed by atoms with Gasteiger partial charge in [-0.2, -0.15) is 5.26 Å². The van der Waals surface area contributed by atoms with E-state index in [1.165, 1.54) is 0 Å². The van der Waals surface area contributed by atoms with Crippen LogP contribution in [0, 0.1) is 11.3 Å². The summed E-state index contributed by atoms with van der Waals surface area (Å²) in [5.74, 6) is 0.444. The fourth-order valence-electron chi connectivity index (χ4n) is 3.17. The Morgan fingerprint density at radius 3 is 2.31 bits per heavy atom. The van der Waals surface area contributed by atoms with E-state index in [0.29, 0.717) is 33.0 Å². The molecule has 0 radical (unpaired) electrons. The van der Waals surface area contributed by atoms with Crippen LogP contribution < -0.4 is 10.7 Å². The van der Waals surface area contributed by atoms with Crippen LogP contribution in [0.25, 0.3) is 22.3 Å². The van der Waals surface area contributed by atoms with Crippen LogP contribution in [0.2, 0.25) is 0 Å². The van der Waals surface area contributed by atoms with Crippen molar-refractivity contribution in [3.8, 4) is 17.5 Å². The number of hydrogen-bond acceptors (Lipinski definition) is 5. The molecule has 0 saturated heterocycles. The largest absolute Gasteiger partial charge is 0.321 e. The predicted octanol–water partition coefficient (Wildman–Crippen LogP) is 4.43. The van der Waals surface area contributed by atoms with Crippen molar-refractivity contribution in [1.29, 1.82) is 5.26 Å². The first-order valence-electron chi connectivity index (χ1n) is 9.24. The first-order chi connectivity index (χ1) is 14.2. The summed E-state index contributed by atoms with van der Waals surface area (Å²) in [6.45, 7) is 2.11. The molecule has 0 fully saturated rings. The molecule has 0 saturated carbocycles. The van der Waals surface area contributed by atoms with Crippen LogP contribution in [0.4, 0.5) is 0 Å². The third kappa shape index (κ3) is 3.56. The number of nitriles is 1. The Hall–Kier alpha value is -3.32. The summed E-state index contributed by atoms with van der Waals surface area (Å²) in [6, 6.07) is 25.8. The lowest BCUT2D eigenvalue weighted by molar-refractivity contribution is 0.347. The Morgan fingerprint density at radius 2 is 1.62 bits per heavy atom. The second-order valence-electron chi connectivity index (χ2n) is 6.38. The highest BCUT2D eigenvalue weighted by Gasteiger charge is 2.32. The minimum atomic E-state index is -3.44. The second-order valence-corrected chi connectivity index (χ2v) is 8.68. The van der Waals surface area contributed by atoms with Crippen LogP contribution in [0.1, 0.15) is 12.5 Å². The number of aromatic nitrogens is 2. The van der Waals surface area contributed by atoms with Gasteiger partial charge in [0, 0.05) is 16.3 Å². The van der Waals surface area contributed by atoms with Gasteiger partial charge in [-0.15, -0.1) is 0 Å². The van der Waals surface area contributed by atoms with E-state index in [9.17, 15) is 4.57 Å². The quantitative estimate of drug-likeness (QED) is 0.464.